The number of para-hydroxylation sites is 1. The first-order valence-corrected chi connectivity index (χ1v) is 10.3. The molecule has 2 fully saturated rings. The van der Waals surface area contributed by atoms with Gasteiger partial charge in [-0.2, -0.15) is 0 Å². The maximum Gasteiger partial charge on any atom is 0.349 e. The van der Waals surface area contributed by atoms with Gasteiger partial charge < -0.3 is 19.0 Å². The quantitative estimate of drug-likeness (QED) is 0.739. The number of carbonyl (C=O) groups excluding carboxylic acids is 2. The van der Waals surface area contributed by atoms with Crippen molar-refractivity contribution in [3.8, 4) is 0 Å². The average molecular weight is 398 g/mol. The maximum absolute atomic E-state index is 13.0. The highest BCUT2D eigenvalue weighted by molar-refractivity contribution is 5.96. The van der Waals surface area contributed by atoms with Gasteiger partial charge in [0.05, 0.1) is 13.2 Å². The number of nitrogens with zero attached hydrogens (tertiary/aromatic N) is 2. The summed E-state index contributed by atoms with van der Waals surface area (Å²) in [4.78, 5) is 41.3. The second kappa shape index (κ2) is 8.78. The number of rotatable bonds is 4. The van der Waals surface area contributed by atoms with Crippen LogP contribution in [0.2, 0.25) is 0 Å². The number of benzene rings is 1. The average Bonchev–Trinajstić information content (AvgIpc) is 2.77. The lowest BCUT2D eigenvalue weighted by Crippen LogP contribution is -2.43. The molecule has 0 N–H and O–H groups in total. The van der Waals surface area contributed by atoms with Crippen molar-refractivity contribution in [2.45, 2.75) is 25.7 Å². The monoisotopic (exact) mass is 398 g/mol. The molecule has 1 aromatic heterocycles. The van der Waals surface area contributed by atoms with E-state index in [2.05, 4.69) is 0 Å². The molecule has 29 heavy (non-hydrogen) atoms. The fraction of sp³-hybridized carbons (Fsp3) is 0.500. The molecule has 0 spiro atoms. The van der Waals surface area contributed by atoms with Crippen molar-refractivity contribution >= 4 is 22.8 Å². The molecule has 2 aliphatic rings. The lowest BCUT2D eigenvalue weighted by Gasteiger charge is -2.33. The molecule has 3 heterocycles. The van der Waals surface area contributed by atoms with Gasteiger partial charge >= 0.3 is 5.63 Å². The molecular formula is C22H26N2O5. The number of fused-ring (bicyclic) bond motifs is 1. The van der Waals surface area contributed by atoms with Crippen molar-refractivity contribution in [3.05, 3.63) is 46.3 Å². The molecule has 2 saturated heterocycles. The Bertz CT molecular complexity index is 948. The molecule has 154 valence electrons. The number of hydrogen-bond acceptors (Lipinski definition) is 5. The molecule has 7 nitrogen and oxygen atoms in total. The molecule has 0 saturated carbocycles. The van der Waals surface area contributed by atoms with Crippen LogP contribution in [-0.2, 0) is 9.53 Å². The summed E-state index contributed by atoms with van der Waals surface area (Å²) in [7, 11) is 0. The van der Waals surface area contributed by atoms with Crippen LogP contribution < -0.4 is 5.63 Å². The van der Waals surface area contributed by atoms with Crippen LogP contribution in [0, 0.1) is 5.92 Å². The van der Waals surface area contributed by atoms with Gasteiger partial charge in [-0.1, -0.05) is 18.2 Å². The lowest BCUT2D eigenvalue weighted by atomic mass is 9.92. The van der Waals surface area contributed by atoms with Gasteiger partial charge in [0.25, 0.3) is 5.91 Å². The zero-order chi connectivity index (χ0) is 20.2. The van der Waals surface area contributed by atoms with E-state index in [1.165, 1.54) is 0 Å². The number of likely N-dealkylation sites (tertiary alicyclic amines) is 1. The van der Waals surface area contributed by atoms with Crippen molar-refractivity contribution in [1.29, 1.82) is 0 Å². The minimum absolute atomic E-state index is 0.0775. The van der Waals surface area contributed by atoms with E-state index in [0.29, 0.717) is 51.4 Å². The van der Waals surface area contributed by atoms with E-state index >= 15 is 0 Å². The number of amides is 2. The van der Waals surface area contributed by atoms with Gasteiger partial charge in [-0.05, 0) is 37.3 Å². The smallest absolute Gasteiger partial charge is 0.349 e. The number of carbonyl (C=O) groups is 2. The summed E-state index contributed by atoms with van der Waals surface area (Å²) in [6, 6.07) is 8.80. The van der Waals surface area contributed by atoms with Gasteiger partial charge in [0, 0.05) is 38.0 Å². The maximum atomic E-state index is 13.0. The topological polar surface area (TPSA) is 80.1 Å². The van der Waals surface area contributed by atoms with Gasteiger partial charge in [0.15, 0.2) is 0 Å². The Morgan fingerprint density at radius 3 is 2.69 bits per heavy atom. The number of piperidine rings is 1. The molecule has 0 aliphatic carbocycles. The van der Waals surface area contributed by atoms with Gasteiger partial charge in [0.1, 0.15) is 11.1 Å². The van der Waals surface area contributed by atoms with Gasteiger partial charge in [0.2, 0.25) is 5.91 Å². The molecule has 0 radical (unpaired) electrons. The Kier molecular flexibility index (Phi) is 5.94. The molecule has 2 aliphatic heterocycles. The number of ether oxygens (including phenoxy) is 1. The van der Waals surface area contributed by atoms with E-state index in [-0.39, 0.29) is 23.3 Å². The van der Waals surface area contributed by atoms with Gasteiger partial charge in [-0.3, -0.25) is 9.59 Å². The highest BCUT2D eigenvalue weighted by atomic mass is 16.5. The zero-order valence-electron chi connectivity index (χ0n) is 16.5. The van der Waals surface area contributed by atoms with E-state index in [4.69, 9.17) is 9.15 Å². The Balaban J connectivity index is 1.39. The van der Waals surface area contributed by atoms with E-state index in [1.54, 1.807) is 23.1 Å². The highest BCUT2D eigenvalue weighted by Crippen LogP contribution is 2.23. The summed E-state index contributed by atoms with van der Waals surface area (Å²) in [6.45, 7) is 3.72. The van der Waals surface area contributed by atoms with Crippen LogP contribution in [-0.4, -0.2) is 61.0 Å². The third-order valence-electron chi connectivity index (χ3n) is 5.81. The first-order chi connectivity index (χ1) is 14.1. The normalized spacial score (nSPS) is 20.1. The first kappa shape index (κ1) is 19.6. The first-order valence-electron chi connectivity index (χ1n) is 10.3. The zero-order valence-corrected chi connectivity index (χ0v) is 16.5. The van der Waals surface area contributed by atoms with E-state index < -0.39 is 5.63 Å². The summed E-state index contributed by atoms with van der Waals surface area (Å²) in [5, 5.41) is 0.736. The largest absolute Gasteiger partial charge is 0.422 e. The van der Waals surface area contributed by atoms with Crippen LogP contribution in [0.5, 0.6) is 0 Å². The second-order valence-corrected chi connectivity index (χ2v) is 7.78. The molecule has 2 amide bonds. The van der Waals surface area contributed by atoms with Crippen LogP contribution in [0.1, 0.15) is 36.0 Å². The van der Waals surface area contributed by atoms with E-state index in [9.17, 15) is 14.4 Å². The van der Waals surface area contributed by atoms with Crippen LogP contribution in [0.25, 0.3) is 11.0 Å². The number of morpholine rings is 1. The second-order valence-electron chi connectivity index (χ2n) is 7.78. The Labute approximate surface area is 169 Å². The third kappa shape index (κ3) is 4.50. The molecule has 0 bridgehead atoms. The molecule has 4 rings (SSSR count). The van der Waals surface area contributed by atoms with Crippen LogP contribution in [0.3, 0.4) is 0 Å². The fourth-order valence-electron chi connectivity index (χ4n) is 4.17. The van der Waals surface area contributed by atoms with E-state index in [0.717, 1.165) is 24.6 Å². The van der Waals surface area contributed by atoms with Gasteiger partial charge in [-0.15, -0.1) is 0 Å². The van der Waals surface area contributed by atoms with Crippen molar-refractivity contribution in [1.82, 2.24) is 9.80 Å². The number of hydrogen-bond donors (Lipinski definition) is 0. The molecular weight excluding hydrogens is 372 g/mol. The minimum Gasteiger partial charge on any atom is -0.422 e. The lowest BCUT2D eigenvalue weighted by molar-refractivity contribution is -0.135. The van der Waals surface area contributed by atoms with Crippen molar-refractivity contribution in [3.63, 3.8) is 0 Å². The summed E-state index contributed by atoms with van der Waals surface area (Å²) in [5.74, 6) is 0.144. The SMILES string of the molecule is O=C(CC[C@@H]1CCCN(C(=O)c2cc3ccccc3oc2=O)C1)N1CCOCC1. The molecule has 7 heteroatoms. The molecule has 1 atom stereocenters. The Morgan fingerprint density at radius 2 is 1.86 bits per heavy atom. The van der Waals surface area contributed by atoms with Crippen LogP contribution in [0.15, 0.2) is 39.5 Å². The van der Waals surface area contributed by atoms with Crippen molar-refractivity contribution < 1.29 is 18.7 Å². The summed E-state index contributed by atoms with van der Waals surface area (Å²) in [6.07, 6.45) is 3.12. The minimum atomic E-state index is -0.599. The molecule has 0 unspecified atom stereocenters. The summed E-state index contributed by atoms with van der Waals surface area (Å²) < 4.78 is 10.6. The fourth-order valence-corrected chi connectivity index (χ4v) is 4.17. The predicted molar refractivity (Wildman–Crippen MR) is 108 cm³/mol. The van der Waals surface area contributed by atoms with Crippen LogP contribution >= 0.6 is 0 Å². The standard InChI is InChI=1S/C22H26N2O5/c25-20(23-10-12-28-13-11-23)8-7-16-4-3-9-24(15-16)21(26)18-14-17-5-1-2-6-19(17)29-22(18)27/h1-2,5-6,14,16H,3-4,7-13,15H2/t16-/m0/s1. The Morgan fingerprint density at radius 1 is 1.07 bits per heavy atom. The molecule has 2 aromatic rings. The van der Waals surface area contributed by atoms with Crippen molar-refractivity contribution in [2.24, 2.45) is 5.92 Å². The van der Waals surface area contributed by atoms with E-state index in [1.807, 2.05) is 17.0 Å². The third-order valence-corrected chi connectivity index (χ3v) is 5.81. The predicted octanol–water partition coefficient (Wildman–Crippen LogP) is 2.28. The Hall–Kier alpha value is -2.67. The summed E-state index contributed by atoms with van der Waals surface area (Å²) >= 11 is 0. The summed E-state index contributed by atoms with van der Waals surface area (Å²) in [5.41, 5.74) is -0.0424. The molecule has 1 aromatic carbocycles. The van der Waals surface area contributed by atoms with Crippen molar-refractivity contribution in [2.75, 3.05) is 39.4 Å². The van der Waals surface area contributed by atoms with Crippen LogP contribution in [0.4, 0.5) is 0 Å². The van der Waals surface area contributed by atoms with Gasteiger partial charge in [-0.25, -0.2) is 4.79 Å². The highest BCUT2D eigenvalue weighted by Gasteiger charge is 2.27.